The molecule has 0 radical (unpaired) electrons. The third-order valence-electron chi connectivity index (χ3n) is 5.79. The van der Waals surface area contributed by atoms with E-state index in [1.54, 1.807) is 14.1 Å². The Labute approximate surface area is 201 Å². The van der Waals surface area contributed by atoms with E-state index in [0.29, 0.717) is 31.9 Å². The largest absolute Gasteiger partial charge is 0.378 e. The minimum absolute atomic E-state index is 0. The maximum atomic E-state index is 12.7. The number of carbonyl (C=O) groups excluding carboxylic acids is 2. The first-order valence-electron chi connectivity index (χ1n) is 10.8. The minimum atomic E-state index is -0.0740. The number of aliphatic imine (C=N–C) groups is 1. The summed E-state index contributed by atoms with van der Waals surface area (Å²) in [6.45, 7) is 5.10. The number of likely N-dealkylation sites (tertiary alicyclic amines) is 1. The Kier molecular flexibility index (Phi) is 10.5. The van der Waals surface area contributed by atoms with E-state index in [9.17, 15) is 9.59 Å². The summed E-state index contributed by atoms with van der Waals surface area (Å²) >= 11 is 0. The maximum absolute atomic E-state index is 12.7. The van der Waals surface area contributed by atoms with E-state index < -0.39 is 0 Å². The van der Waals surface area contributed by atoms with Crippen LogP contribution in [-0.4, -0.2) is 87.6 Å². The van der Waals surface area contributed by atoms with Crippen LogP contribution in [0, 0.1) is 5.92 Å². The van der Waals surface area contributed by atoms with Crippen molar-refractivity contribution < 1.29 is 14.3 Å². The number of piperidine rings is 1. The van der Waals surface area contributed by atoms with Crippen molar-refractivity contribution in [1.82, 2.24) is 20.4 Å². The van der Waals surface area contributed by atoms with Crippen LogP contribution in [0.1, 0.15) is 28.8 Å². The smallest absolute Gasteiger partial charge is 0.251 e. The number of amides is 2. The molecule has 8 nitrogen and oxygen atoms in total. The predicted octanol–water partition coefficient (Wildman–Crippen LogP) is 1.35. The lowest BCUT2D eigenvalue weighted by Gasteiger charge is -2.36. The van der Waals surface area contributed by atoms with Gasteiger partial charge in [-0.25, -0.2) is 0 Å². The number of nitrogens with one attached hydrogen (secondary N) is 2. The van der Waals surface area contributed by atoms with Crippen molar-refractivity contribution in [3.05, 3.63) is 35.4 Å². The monoisotopic (exact) mass is 543 g/mol. The molecule has 2 amide bonds. The molecule has 31 heavy (non-hydrogen) atoms. The fraction of sp³-hybridized carbons (Fsp3) is 0.591. The van der Waals surface area contributed by atoms with E-state index in [1.165, 1.54) is 0 Å². The van der Waals surface area contributed by atoms with Crippen molar-refractivity contribution in [3.8, 4) is 0 Å². The SMILES string of the molecule is CN=C(NCCc1cccc(C(=O)NC)c1)N1CCC(C(=O)N2CCOCC2)CC1.I. The Bertz CT molecular complexity index is 759. The van der Waals surface area contributed by atoms with Gasteiger partial charge in [0.05, 0.1) is 13.2 Å². The van der Waals surface area contributed by atoms with E-state index in [4.69, 9.17) is 4.74 Å². The highest BCUT2D eigenvalue weighted by atomic mass is 127. The lowest BCUT2D eigenvalue weighted by Crippen LogP contribution is -2.50. The van der Waals surface area contributed by atoms with E-state index >= 15 is 0 Å². The van der Waals surface area contributed by atoms with Gasteiger partial charge < -0.3 is 25.2 Å². The molecule has 0 aromatic heterocycles. The summed E-state index contributed by atoms with van der Waals surface area (Å²) in [6, 6.07) is 7.67. The molecule has 2 aliphatic heterocycles. The van der Waals surface area contributed by atoms with Crippen molar-refractivity contribution in [2.24, 2.45) is 10.9 Å². The van der Waals surface area contributed by atoms with Crippen molar-refractivity contribution in [1.29, 1.82) is 0 Å². The summed E-state index contributed by atoms with van der Waals surface area (Å²) in [7, 11) is 3.43. The molecule has 1 aromatic carbocycles. The van der Waals surface area contributed by atoms with Crippen molar-refractivity contribution in [3.63, 3.8) is 0 Å². The zero-order valence-corrected chi connectivity index (χ0v) is 20.8. The van der Waals surface area contributed by atoms with Gasteiger partial charge in [0.1, 0.15) is 0 Å². The van der Waals surface area contributed by atoms with Gasteiger partial charge >= 0.3 is 0 Å². The second-order valence-corrected chi connectivity index (χ2v) is 7.70. The molecule has 2 N–H and O–H groups in total. The molecule has 3 rings (SSSR count). The van der Waals surface area contributed by atoms with Gasteiger partial charge in [-0.15, -0.1) is 24.0 Å². The Morgan fingerprint density at radius 1 is 1.13 bits per heavy atom. The number of halogens is 1. The van der Waals surface area contributed by atoms with Gasteiger partial charge in [0.25, 0.3) is 5.91 Å². The summed E-state index contributed by atoms with van der Waals surface area (Å²) in [6.07, 6.45) is 2.51. The van der Waals surface area contributed by atoms with E-state index in [1.807, 2.05) is 29.2 Å². The molecule has 0 spiro atoms. The molecular formula is C22H34IN5O3. The molecule has 0 unspecified atom stereocenters. The minimum Gasteiger partial charge on any atom is -0.378 e. The Morgan fingerprint density at radius 2 is 1.84 bits per heavy atom. The number of nitrogens with zero attached hydrogens (tertiary/aromatic N) is 3. The van der Waals surface area contributed by atoms with Gasteiger partial charge in [0.15, 0.2) is 5.96 Å². The molecule has 0 saturated carbocycles. The van der Waals surface area contributed by atoms with Crippen molar-refractivity contribution >= 4 is 41.8 Å². The van der Waals surface area contributed by atoms with Gasteiger partial charge in [-0.05, 0) is 37.0 Å². The molecule has 2 saturated heterocycles. The third kappa shape index (κ3) is 7.06. The van der Waals surface area contributed by atoms with Crippen LogP contribution < -0.4 is 10.6 Å². The van der Waals surface area contributed by atoms with Gasteiger partial charge in [0.2, 0.25) is 5.91 Å². The molecule has 172 valence electrons. The van der Waals surface area contributed by atoms with Crippen LogP contribution in [0.25, 0.3) is 0 Å². The first-order valence-corrected chi connectivity index (χ1v) is 10.8. The van der Waals surface area contributed by atoms with Crippen LogP contribution in [0.4, 0.5) is 0 Å². The van der Waals surface area contributed by atoms with Crippen LogP contribution in [0.5, 0.6) is 0 Å². The molecule has 0 aliphatic carbocycles. The molecular weight excluding hydrogens is 509 g/mol. The molecule has 2 heterocycles. The average molecular weight is 543 g/mol. The average Bonchev–Trinajstić information content (AvgIpc) is 2.82. The van der Waals surface area contributed by atoms with Gasteiger partial charge in [-0.3, -0.25) is 14.6 Å². The Morgan fingerprint density at radius 3 is 2.48 bits per heavy atom. The summed E-state index contributed by atoms with van der Waals surface area (Å²) in [5.74, 6) is 1.17. The molecule has 0 atom stereocenters. The molecule has 2 fully saturated rings. The summed E-state index contributed by atoms with van der Waals surface area (Å²) in [4.78, 5) is 33.1. The number of guanidine groups is 1. The fourth-order valence-corrected chi connectivity index (χ4v) is 4.04. The zero-order chi connectivity index (χ0) is 21.3. The highest BCUT2D eigenvalue weighted by Crippen LogP contribution is 2.20. The lowest BCUT2D eigenvalue weighted by atomic mass is 9.95. The van der Waals surface area contributed by atoms with Crippen molar-refractivity contribution in [2.45, 2.75) is 19.3 Å². The third-order valence-corrected chi connectivity index (χ3v) is 5.79. The summed E-state index contributed by atoms with van der Waals surface area (Å²) in [5.41, 5.74) is 1.78. The molecule has 9 heteroatoms. The van der Waals surface area contributed by atoms with Gasteiger partial charge in [0, 0.05) is 58.3 Å². The summed E-state index contributed by atoms with van der Waals surface area (Å²) < 4.78 is 5.35. The number of ether oxygens (including phenoxy) is 1. The van der Waals surface area contributed by atoms with Gasteiger partial charge in [-0.2, -0.15) is 0 Å². The molecule has 1 aromatic rings. The maximum Gasteiger partial charge on any atom is 0.251 e. The topological polar surface area (TPSA) is 86.3 Å². The highest BCUT2D eigenvalue weighted by molar-refractivity contribution is 14.0. The van der Waals surface area contributed by atoms with E-state index in [2.05, 4.69) is 20.5 Å². The van der Waals surface area contributed by atoms with Crippen LogP contribution >= 0.6 is 24.0 Å². The number of carbonyl (C=O) groups is 2. The van der Waals surface area contributed by atoms with Crippen LogP contribution in [0.3, 0.4) is 0 Å². The normalized spacial score (nSPS) is 17.7. The van der Waals surface area contributed by atoms with Gasteiger partial charge in [-0.1, -0.05) is 12.1 Å². The Balaban J connectivity index is 0.00000341. The number of benzene rings is 1. The molecule has 2 aliphatic rings. The van der Waals surface area contributed by atoms with Crippen molar-refractivity contribution in [2.75, 3.05) is 60.0 Å². The number of morpholine rings is 1. The summed E-state index contributed by atoms with van der Waals surface area (Å²) in [5, 5.41) is 6.07. The number of rotatable bonds is 5. The second-order valence-electron chi connectivity index (χ2n) is 7.70. The second kappa shape index (κ2) is 12.8. The quantitative estimate of drug-likeness (QED) is 0.333. The van der Waals surface area contributed by atoms with E-state index in [-0.39, 0.29) is 41.7 Å². The first-order chi connectivity index (χ1) is 14.6. The molecule has 0 bridgehead atoms. The lowest BCUT2D eigenvalue weighted by molar-refractivity contribution is -0.140. The Hall–Kier alpha value is -1.88. The van der Waals surface area contributed by atoms with Crippen LogP contribution in [-0.2, 0) is 16.0 Å². The number of hydrogen-bond donors (Lipinski definition) is 2. The highest BCUT2D eigenvalue weighted by Gasteiger charge is 2.30. The predicted molar refractivity (Wildman–Crippen MR) is 132 cm³/mol. The van der Waals surface area contributed by atoms with Crippen LogP contribution in [0.2, 0.25) is 0 Å². The number of hydrogen-bond acceptors (Lipinski definition) is 4. The standard InChI is InChI=1S/C22H33N5O3.HI/c1-23-20(28)19-5-3-4-17(16-19)6-9-25-22(24-2)27-10-7-18(8-11-27)21(29)26-12-14-30-15-13-26;/h3-5,16,18H,6-15H2,1-2H3,(H,23,28)(H,24,25);1H. The van der Waals surface area contributed by atoms with Crippen LogP contribution in [0.15, 0.2) is 29.3 Å². The fourth-order valence-electron chi connectivity index (χ4n) is 4.04. The van der Waals surface area contributed by atoms with E-state index in [0.717, 1.165) is 50.4 Å². The zero-order valence-electron chi connectivity index (χ0n) is 18.4. The first kappa shape index (κ1) is 25.4.